The molecule has 0 saturated heterocycles. The zero-order chi connectivity index (χ0) is 10.1. The standard InChI is InChI=1S/C11H25NO/c1-4-13-9-8-11(12)7-5-6-10(2)3/h10-11H,4-9,12H2,1-3H3. The summed E-state index contributed by atoms with van der Waals surface area (Å²) in [5.41, 5.74) is 5.92. The van der Waals surface area contributed by atoms with Crippen LogP contribution in [0.4, 0.5) is 0 Å². The van der Waals surface area contributed by atoms with Crippen LogP contribution >= 0.6 is 0 Å². The van der Waals surface area contributed by atoms with E-state index in [0.29, 0.717) is 6.04 Å². The van der Waals surface area contributed by atoms with Gasteiger partial charge in [0.15, 0.2) is 0 Å². The SMILES string of the molecule is CCOCCC(N)CCCC(C)C. The number of rotatable bonds is 8. The van der Waals surface area contributed by atoms with Crippen molar-refractivity contribution in [1.82, 2.24) is 0 Å². The van der Waals surface area contributed by atoms with Gasteiger partial charge in [-0.15, -0.1) is 0 Å². The monoisotopic (exact) mass is 187 g/mol. The molecule has 0 bridgehead atoms. The van der Waals surface area contributed by atoms with Crippen molar-refractivity contribution in [1.29, 1.82) is 0 Å². The number of hydrogen-bond donors (Lipinski definition) is 1. The number of ether oxygens (including phenoxy) is 1. The molecule has 0 rings (SSSR count). The molecule has 0 aromatic rings. The molecule has 0 fully saturated rings. The maximum Gasteiger partial charge on any atom is 0.0480 e. The second-order valence-corrected chi connectivity index (χ2v) is 4.07. The minimum atomic E-state index is 0.338. The fourth-order valence-corrected chi connectivity index (χ4v) is 1.31. The highest BCUT2D eigenvalue weighted by atomic mass is 16.5. The van der Waals surface area contributed by atoms with E-state index in [1.54, 1.807) is 0 Å². The Kier molecular flexibility index (Phi) is 8.46. The van der Waals surface area contributed by atoms with Crippen molar-refractivity contribution in [2.45, 2.75) is 52.5 Å². The molecule has 0 aliphatic heterocycles. The van der Waals surface area contributed by atoms with Gasteiger partial charge < -0.3 is 10.5 Å². The van der Waals surface area contributed by atoms with Crippen molar-refractivity contribution >= 4 is 0 Å². The van der Waals surface area contributed by atoms with E-state index in [2.05, 4.69) is 13.8 Å². The molecule has 0 aromatic heterocycles. The molecular formula is C11H25NO. The van der Waals surface area contributed by atoms with E-state index in [4.69, 9.17) is 10.5 Å². The van der Waals surface area contributed by atoms with Crippen LogP contribution in [-0.2, 0) is 4.74 Å². The van der Waals surface area contributed by atoms with E-state index in [1.165, 1.54) is 12.8 Å². The van der Waals surface area contributed by atoms with Crippen LogP contribution in [-0.4, -0.2) is 19.3 Å². The van der Waals surface area contributed by atoms with Gasteiger partial charge in [0.05, 0.1) is 0 Å². The van der Waals surface area contributed by atoms with E-state index in [9.17, 15) is 0 Å². The summed E-state index contributed by atoms with van der Waals surface area (Å²) < 4.78 is 5.25. The van der Waals surface area contributed by atoms with Gasteiger partial charge in [0.25, 0.3) is 0 Å². The molecule has 13 heavy (non-hydrogen) atoms. The first-order valence-corrected chi connectivity index (χ1v) is 5.50. The summed E-state index contributed by atoms with van der Waals surface area (Å²) in [6.07, 6.45) is 4.70. The average molecular weight is 187 g/mol. The van der Waals surface area contributed by atoms with Gasteiger partial charge >= 0.3 is 0 Å². The van der Waals surface area contributed by atoms with Crippen LogP contribution in [0.15, 0.2) is 0 Å². The Labute approximate surface area is 82.8 Å². The minimum absolute atomic E-state index is 0.338. The highest BCUT2D eigenvalue weighted by Gasteiger charge is 2.02. The quantitative estimate of drug-likeness (QED) is 0.593. The van der Waals surface area contributed by atoms with E-state index in [1.807, 2.05) is 6.92 Å². The molecule has 0 radical (unpaired) electrons. The number of hydrogen-bond acceptors (Lipinski definition) is 2. The van der Waals surface area contributed by atoms with Gasteiger partial charge in [-0.3, -0.25) is 0 Å². The van der Waals surface area contributed by atoms with Crippen LogP contribution in [0.2, 0.25) is 0 Å². The lowest BCUT2D eigenvalue weighted by Crippen LogP contribution is -2.22. The van der Waals surface area contributed by atoms with Gasteiger partial charge in [-0.25, -0.2) is 0 Å². The highest BCUT2D eigenvalue weighted by Crippen LogP contribution is 2.08. The largest absolute Gasteiger partial charge is 0.382 e. The van der Waals surface area contributed by atoms with Crippen molar-refractivity contribution in [3.8, 4) is 0 Å². The second-order valence-electron chi connectivity index (χ2n) is 4.07. The number of nitrogens with two attached hydrogens (primary N) is 1. The fraction of sp³-hybridized carbons (Fsp3) is 1.00. The summed E-state index contributed by atoms with van der Waals surface area (Å²) >= 11 is 0. The Hall–Kier alpha value is -0.0800. The van der Waals surface area contributed by atoms with Crippen LogP contribution < -0.4 is 5.73 Å². The lowest BCUT2D eigenvalue weighted by Gasteiger charge is -2.11. The summed E-state index contributed by atoms with van der Waals surface area (Å²) in [6.45, 7) is 8.15. The second kappa shape index (κ2) is 8.52. The van der Waals surface area contributed by atoms with E-state index >= 15 is 0 Å². The smallest absolute Gasteiger partial charge is 0.0480 e. The molecular weight excluding hydrogens is 162 g/mol. The molecule has 0 saturated carbocycles. The van der Waals surface area contributed by atoms with E-state index < -0.39 is 0 Å². The highest BCUT2D eigenvalue weighted by molar-refractivity contribution is 4.61. The lowest BCUT2D eigenvalue weighted by atomic mass is 10.0. The first-order valence-electron chi connectivity index (χ1n) is 5.50. The predicted molar refractivity (Wildman–Crippen MR) is 57.8 cm³/mol. The van der Waals surface area contributed by atoms with Crippen LogP contribution in [0.25, 0.3) is 0 Å². The topological polar surface area (TPSA) is 35.2 Å². The van der Waals surface area contributed by atoms with Gasteiger partial charge in [0.2, 0.25) is 0 Å². The first-order chi connectivity index (χ1) is 6.16. The molecule has 2 nitrogen and oxygen atoms in total. The van der Waals surface area contributed by atoms with Crippen LogP contribution in [0, 0.1) is 5.92 Å². The maximum absolute atomic E-state index is 5.92. The Morgan fingerprint density at radius 3 is 2.38 bits per heavy atom. The fourth-order valence-electron chi connectivity index (χ4n) is 1.31. The predicted octanol–water partition coefficient (Wildman–Crippen LogP) is 2.57. The molecule has 0 aliphatic carbocycles. The Morgan fingerprint density at radius 2 is 1.85 bits per heavy atom. The zero-order valence-corrected chi connectivity index (χ0v) is 9.38. The Balaban J connectivity index is 3.15. The molecule has 0 spiro atoms. The van der Waals surface area contributed by atoms with Crippen molar-refractivity contribution in [3.63, 3.8) is 0 Å². The van der Waals surface area contributed by atoms with Crippen molar-refractivity contribution < 1.29 is 4.74 Å². The third-order valence-electron chi connectivity index (χ3n) is 2.19. The Morgan fingerprint density at radius 1 is 1.15 bits per heavy atom. The van der Waals surface area contributed by atoms with Crippen LogP contribution in [0.1, 0.15) is 46.5 Å². The first kappa shape index (κ1) is 12.9. The third-order valence-corrected chi connectivity index (χ3v) is 2.19. The normalized spacial score (nSPS) is 13.6. The summed E-state index contributed by atoms with van der Waals surface area (Å²) in [6, 6.07) is 0.338. The molecule has 80 valence electrons. The van der Waals surface area contributed by atoms with Gasteiger partial charge in [-0.1, -0.05) is 26.7 Å². The summed E-state index contributed by atoms with van der Waals surface area (Å²) in [5, 5.41) is 0. The molecule has 0 amide bonds. The van der Waals surface area contributed by atoms with Crippen molar-refractivity contribution in [3.05, 3.63) is 0 Å². The molecule has 0 heterocycles. The van der Waals surface area contributed by atoms with Gasteiger partial charge in [-0.2, -0.15) is 0 Å². The zero-order valence-electron chi connectivity index (χ0n) is 9.38. The summed E-state index contributed by atoms with van der Waals surface area (Å²) in [4.78, 5) is 0. The third kappa shape index (κ3) is 9.84. The van der Waals surface area contributed by atoms with Gasteiger partial charge in [0.1, 0.15) is 0 Å². The average Bonchev–Trinajstić information content (AvgIpc) is 2.04. The van der Waals surface area contributed by atoms with Crippen LogP contribution in [0.5, 0.6) is 0 Å². The van der Waals surface area contributed by atoms with E-state index in [0.717, 1.165) is 32.0 Å². The van der Waals surface area contributed by atoms with Crippen molar-refractivity contribution in [2.24, 2.45) is 11.7 Å². The van der Waals surface area contributed by atoms with Gasteiger partial charge in [-0.05, 0) is 25.7 Å². The molecule has 0 aliphatic rings. The van der Waals surface area contributed by atoms with Crippen LogP contribution in [0.3, 0.4) is 0 Å². The minimum Gasteiger partial charge on any atom is -0.382 e. The van der Waals surface area contributed by atoms with E-state index in [-0.39, 0.29) is 0 Å². The summed E-state index contributed by atoms with van der Waals surface area (Å²) in [7, 11) is 0. The van der Waals surface area contributed by atoms with Gasteiger partial charge in [0, 0.05) is 19.3 Å². The molecule has 2 N–H and O–H groups in total. The lowest BCUT2D eigenvalue weighted by molar-refractivity contribution is 0.138. The van der Waals surface area contributed by atoms with Crippen molar-refractivity contribution in [2.75, 3.05) is 13.2 Å². The molecule has 1 unspecified atom stereocenters. The maximum atomic E-state index is 5.92. The Bertz CT molecular complexity index is 104. The molecule has 1 atom stereocenters. The summed E-state index contributed by atoms with van der Waals surface area (Å²) in [5.74, 6) is 0.805. The molecule has 2 heteroatoms. The molecule has 0 aromatic carbocycles.